The average Bonchev–Trinajstić information content (AvgIpc) is 2.38. The van der Waals surface area contributed by atoms with Gasteiger partial charge in [-0.25, -0.2) is 0 Å². The lowest BCUT2D eigenvalue weighted by Gasteiger charge is -2.39. The van der Waals surface area contributed by atoms with Crippen molar-refractivity contribution in [1.82, 2.24) is 15.1 Å². The van der Waals surface area contributed by atoms with Crippen molar-refractivity contribution < 1.29 is 4.79 Å². The Morgan fingerprint density at radius 2 is 1.89 bits per heavy atom. The first kappa shape index (κ1) is 14.8. The second-order valence-corrected chi connectivity index (χ2v) is 7.06. The number of rotatable bonds is 2. The van der Waals surface area contributed by atoms with Gasteiger partial charge in [0.1, 0.15) is 0 Å². The molecule has 0 aliphatic carbocycles. The minimum Gasteiger partial charge on any atom is -0.342 e. The quantitative estimate of drug-likeness (QED) is 0.816. The molecule has 2 aliphatic heterocycles. The first-order valence-corrected chi connectivity index (χ1v) is 7.69. The third-order valence-corrected chi connectivity index (χ3v) is 4.17. The molecule has 1 unspecified atom stereocenters. The molecule has 2 heterocycles. The molecule has 110 valence electrons. The van der Waals surface area contributed by atoms with Crippen LogP contribution in [0.1, 0.15) is 33.6 Å². The van der Waals surface area contributed by atoms with Crippen LogP contribution in [0.25, 0.3) is 0 Å². The molecule has 2 rings (SSSR count). The number of piperazine rings is 1. The van der Waals surface area contributed by atoms with Crippen molar-refractivity contribution in [3.63, 3.8) is 0 Å². The van der Waals surface area contributed by atoms with Crippen LogP contribution in [0.15, 0.2) is 0 Å². The molecule has 0 aromatic heterocycles. The van der Waals surface area contributed by atoms with Crippen molar-refractivity contribution in [2.24, 2.45) is 11.3 Å². The molecule has 4 heteroatoms. The van der Waals surface area contributed by atoms with Crippen molar-refractivity contribution in [3.05, 3.63) is 0 Å². The number of piperidine rings is 1. The second kappa shape index (κ2) is 6.23. The van der Waals surface area contributed by atoms with Crippen LogP contribution >= 0.6 is 0 Å². The Kier molecular flexibility index (Phi) is 4.85. The molecule has 0 bridgehead atoms. The number of carbonyl (C=O) groups excluding carboxylic acids is 1. The van der Waals surface area contributed by atoms with Crippen molar-refractivity contribution in [3.8, 4) is 0 Å². The van der Waals surface area contributed by atoms with Gasteiger partial charge in [-0.2, -0.15) is 0 Å². The first-order chi connectivity index (χ1) is 8.97. The van der Waals surface area contributed by atoms with Crippen LogP contribution < -0.4 is 5.32 Å². The Labute approximate surface area is 117 Å². The SMILES string of the molecule is CC(C)(C)C(=O)N1CCCC(CN2CCNCC2)C1. The summed E-state index contributed by atoms with van der Waals surface area (Å²) in [5.74, 6) is 0.982. The summed E-state index contributed by atoms with van der Waals surface area (Å²) < 4.78 is 0. The van der Waals surface area contributed by atoms with Gasteiger partial charge in [-0.05, 0) is 18.8 Å². The molecule has 2 fully saturated rings. The Hall–Kier alpha value is -0.610. The summed E-state index contributed by atoms with van der Waals surface area (Å²) in [6.45, 7) is 13.7. The van der Waals surface area contributed by atoms with E-state index in [1.54, 1.807) is 0 Å². The summed E-state index contributed by atoms with van der Waals surface area (Å²) in [5, 5.41) is 3.39. The van der Waals surface area contributed by atoms with Gasteiger partial charge in [-0.1, -0.05) is 20.8 Å². The zero-order valence-corrected chi connectivity index (χ0v) is 12.7. The van der Waals surface area contributed by atoms with E-state index >= 15 is 0 Å². The van der Waals surface area contributed by atoms with Gasteiger partial charge < -0.3 is 15.1 Å². The smallest absolute Gasteiger partial charge is 0.227 e. The Morgan fingerprint density at radius 3 is 2.53 bits per heavy atom. The molecule has 1 N–H and O–H groups in total. The summed E-state index contributed by atoms with van der Waals surface area (Å²) in [7, 11) is 0. The van der Waals surface area contributed by atoms with E-state index in [9.17, 15) is 4.79 Å². The maximum Gasteiger partial charge on any atom is 0.227 e. The molecule has 0 radical (unpaired) electrons. The first-order valence-electron chi connectivity index (χ1n) is 7.69. The van der Waals surface area contributed by atoms with Crippen molar-refractivity contribution in [2.75, 3.05) is 45.8 Å². The zero-order valence-electron chi connectivity index (χ0n) is 12.7. The average molecular weight is 267 g/mol. The van der Waals surface area contributed by atoms with Gasteiger partial charge in [0, 0.05) is 51.2 Å². The number of nitrogens with zero attached hydrogens (tertiary/aromatic N) is 2. The molecule has 4 nitrogen and oxygen atoms in total. The molecule has 0 saturated carbocycles. The maximum atomic E-state index is 12.4. The fourth-order valence-corrected chi connectivity index (χ4v) is 3.13. The van der Waals surface area contributed by atoms with Crippen LogP contribution in [-0.4, -0.2) is 61.5 Å². The van der Waals surface area contributed by atoms with Crippen LogP contribution in [0.5, 0.6) is 0 Å². The summed E-state index contributed by atoms with van der Waals surface area (Å²) in [6, 6.07) is 0. The summed E-state index contributed by atoms with van der Waals surface area (Å²) in [4.78, 5) is 17.0. The second-order valence-electron chi connectivity index (χ2n) is 7.06. The molecule has 19 heavy (non-hydrogen) atoms. The number of nitrogens with one attached hydrogen (secondary N) is 1. The van der Waals surface area contributed by atoms with E-state index in [1.807, 2.05) is 20.8 Å². The Morgan fingerprint density at radius 1 is 1.21 bits per heavy atom. The van der Waals surface area contributed by atoms with Crippen LogP contribution in [-0.2, 0) is 4.79 Å². The lowest BCUT2D eigenvalue weighted by atomic mass is 9.91. The molecule has 0 spiro atoms. The third kappa shape index (κ3) is 4.18. The maximum absolute atomic E-state index is 12.4. The van der Waals surface area contributed by atoms with E-state index < -0.39 is 0 Å². The summed E-state index contributed by atoms with van der Waals surface area (Å²) in [5.41, 5.74) is -0.239. The molecule has 2 aliphatic rings. The van der Waals surface area contributed by atoms with E-state index in [0.717, 1.165) is 45.8 Å². The summed E-state index contributed by atoms with van der Waals surface area (Å²) in [6.07, 6.45) is 2.44. The van der Waals surface area contributed by atoms with Crippen LogP contribution in [0.2, 0.25) is 0 Å². The van der Waals surface area contributed by atoms with Gasteiger partial charge in [0.25, 0.3) is 0 Å². The monoisotopic (exact) mass is 267 g/mol. The molecular weight excluding hydrogens is 238 g/mol. The van der Waals surface area contributed by atoms with Gasteiger partial charge >= 0.3 is 0 Å². The van der Waals surface area contributed by atoms with Gasteiger partial charge in [0.05, 0.1) is 0 Å². The van der Waals surface area contributed by atoms with E-state index in [-0.39, 0.29) is 5.41 Å². The highest BCUT2D eigenvalue weighted by molar-refractivity contribution is 5.81. The van der Waals surface area contributed by atoms with Crippen LogP contribution in [0.3, 0.4) is 0 Å². The molecule has 0 aromatic carbocycles. The minimum atomic E-state index is -0.239. The van der Waals surface area contributed by atoms with Gasteiger partial charge in [0.2, 0.25) is 5.91 Å². The number of likely N-dealkylation sites (tertiary alicyclic amines) is 1. The van der Waals surface area contributed by atoms with Crippen LogP contribution in [0.4, 0.5) is 0 Å². The highest BCUT2D eigenvalue weighted by Crippen LogP contribution is 2.24. The lowest BCUT2D eigenvalue weighted by molar-refractivity contribution is -0.141. The fourth-order valence-electron chi connectivity index (χ4n) is 3.13. The minimum absolute atomic E-state index is 0.239. The van der Waals surface area contributed by atoms with Crippen molar-refractivity contribution >= 4 is 5.91 Å². The Balaban J connectivity index is 1.84. The highest BCUT2D eigenvalue weighted by Gasteiger charge is 2.31. The van der Waals surface area contributed by atoms with Gasteiger partial charge in [-0.3, -0.25) is 4.79 Å². The van der Waals surface area contributed by atoms with E-state index in [2.05, 4.69) is 15.1 Å². The predicted molar refractivity (Wildman–Crippen MR) is 78.1 cm³/mol. The number of amides is 1. The molecule has 1 amide bonds. The Bertz CT molecular complexity index is 305. The number of carbonyl (C=O) groups is 1. The zero-order chi connectivity index (χ0) is 13.9. The molecular formula is C15H29N3O. The van der Waals surface area contributed by atoms with Gasteiger partial charge in [-0.15, -0.1) is 0 Å². The lowest BCUT2D eigenvalue weighted by Crippen LogP contribution is -2.50. The van der Waals surface area contributed by atoms with Crippen LogP contribution in [0, 0.1) is 11.3 Å². The number of hydrogen-bond acceptors (Lipinski definition) is 3. The third-order valence-electron chi connectivity index (χ3n) is 4.17. The topological polar surface area (TPSA) is 35.6 Å². The molecule has 2 saturated heterocycles. The van der Waals surface area contributed by atoms with Gasteiger partial charge in [0.15, 0.2) is 0 Å². The normalized spacial score (nSPS) is 26.5. The van der Waals surface area contributed by atoms with E-state index in [0.29, 0.717) is 11.8 Å². The predicted octanol–water partition coefficient (Wildman–Crippen LogP) is 1.18. The van der Waals surface area contributed by atoms with Crippen molar-refractivity contribution in [2.45, 2.75) is 33.6 Å². The molecule has 0 aromatic rings. The molecule has 1 atom stereocenters. The fraction of sp³-hybridized carbons (Fsp3) is 0.933. The largest absolute Gasteiger partial charge is 0.342 e. The van der Waals surface area contributed by atoms with E-state index in [1.165, 1.54) is 12.8 Å². The summed E-state index contributed by atoms with van der Waals surface area (Å²) >= 11 is 0. The van der Waals surface area contributed by atoms with Crippen molar-refractivity contribution in [1.29, 1.82) is 0 Å². The standard InChI is InChI=1S/C15H29N3O/c1-15(2,3)14(19)18-8-4-5-13(12-18)11-17-9-6-16-7-10-17/h13,16H,4-12H2,1-3H3. The van der Waals surface area contributed by atoms with E-state index in [4.69, 9.17) is 0 Å². The number of hydrogen-bond donors (Lipinski definition) is 1. The highest BCUT2D eigenvalue weighted by atomic mass is 16.2.